The second-order valence-electron chi connectivity index (χ2n) is 4.32. The number of nitrogens with two attached hydrogens (primary N) is 1. The van der Waals surface area contributed by atoms with Gasteiger partial charge in [0.2, 0.25) is 0 Å². The largest absolute Gasteiger partial charge is 0.271 e. The zero-order chi connectivity index (χ0) is 14.7. The van der Waals surface area contributed by atoms with E-state index in [1.807, 2.05) is 18.2 Å². The van der Waals surface area contributed by atoms with Crippen molar-refractivity contribution in [3.63, 3.8) is 0 Å². The van der Waals surface area contributed by atoms with E-state index >= 15 is 0 Å². The normalized spacial score (nSPS) is 12.4. The SMILES string of the molecule is NNC(Cc1cc(F)ccc1Cl)c1cc(Br)ccc1I. The van der Waals surface area contributed by atoms with Crippen LogP contribution in [0, 0.1) is 9.39 Å². The van der Waals surface area contributed by atoms with Crippen molar-refractivity contribution in [3.8, 4) is 0 Å². The van der Waals surface area contributed by atoms with Crippen LogP contribution in [0.5, 0.6) is 0 Å². The number of hydrogen-bond acceptors (Lipinski definition) is 2. The summed E-state index contributed by atoms with van der Waals surface area (Å²) in [7, 11) is 0. The second kappa shape index (κ2) is 7.17. The second-order valence-corrected chi connectivity index (χ2v) is 6.81. The lowest BCUT2D eigenvalue weighted by atomic mass is 9.99. The van der Waals surface area contributed by atoms with Crippen molar-refractivity contribution in [1.82, 2.24) is 5.43 Å². The van der Waals surface area contributed by atoms with Gasteiger partial charge in [0, 0.05) is 13.1 Å². The summed E-state index contributed by atoms with van der Waals surface area (Å²) in [6, 6.07) is 10.2. The third kappa shape index (κ3) is 3.92. The molecule has 1 atom stereocenters. The standard InChI is InChI=1S/C14H12BrClFIN2/c15-9-1-4-13(18)11(7-9)14(20-19)6-8-5-10(17)2-3-12(8)16/h1-5,7,14,20H,6,19H2. The lowest BCUT2D eigenvalue weighted by Crippen LogP contribution is -2.30. The molecule has 0 heterocycles. The summed E-state index contributed by atoms with van der Waals surface area (Å²) in [5.74, 6) is 5.35. The smallest absolute Gasteiger partial charge is 0.123 e. The Hall–Kier alpha value is -0.210. The van der Waals surface area contributed by atoms with E-state index in [9.17, 15) is 4.39 Å². The summed E-state index contributed by atoms with van der Waals surface area (Å²) in [5, 5.41) is 0.539. The van der Waals surface area contributed by atoms with Crippen LogP contribution in [-0.4, -0.2) is 0 Å². The topological polar surface area (TPSA) is 38.0 Å². The Morgan fingerprint density at radius 2 is 2.05 bits per heavy atom. The molecule has 2 aromatic carbocycles. The van der Waals surface area contributed by atoms with Gasteiger partial charge in [-0.1, -0.05) is 27.5 Å². The van der Waals surface area contributed by atoms with Gasteiger partial charge in [-0.05, 0) is 76.5 Å². The molecule has 0 bridgehead atoms. The number of hydrogen-bond donors (Lipinski definition) is 2. The highest BCUT2D eigenvalue weighted by Gasteiger charge is 2.16. The Labute approximate surface area is 144 Å². The molecule has 106 valence electrons. The highest BCUT2D eigenvalue weighted by atomic mass is 127. The van der Waals surface area contributed by atoms with E-state index in [2.05, 4.69) is 43.9 Å². The van der Waals surface area contributed by atoms with Crippen LogP contribution >= 0.6 is 50.1 Å². The first-order valence-corrected chi connectivity index (χ1v) is 8.11. The van der Waals surface area contributed by atoms with Gasteiger partial charge in [-0.3, -0.25) is 11.3 Å². The van der Waals surface area contributed by atoms with Gasteiger partial charge in [0.05, 0.1) is 6.04 Å². The molecule has 0 aliphatic carbocycles. The number of hydrazine groups is 1. The first-order chi connectivity index (χ1) is 9.51. The molecule has 0 amide bonds. The van der Waals surface area contributed by atoms with Gasteiger partial charge >= 0.3 is 0 Å². The molecule has 2 rings (SSSR count). The molecule has 0 aliphatic heterocycles. The molecule has 0 aromatic heterocycles. The quantitative estimate of drug-likeness (QED) is 0.391. The van der Waals surface area contributed by atoms with Gasteiger partial charge in [0.15, 0.2) is 0 Å². The van der Waals surface area contributed by atoms with Crippen LogP contribution in [0.25, 0.3) is 0 Å². The van der Waals surface area contributed by atoms with E-state index in [1.54, 1.807) is 6.07 Å². The molecule has 0 radical (unpaired) electrons. The summed E-state index contributed by atoms with van der Waals surface area (Å²) >= 11 is 11.8. The van der Waals surface area contributed by atoms with Crippen LogP contribution < -0.4 is 11.3 Å². The zero-order valence-corrected chi connectivity index (χ0v) is 14.8. The molecular formula is C14H12BrClFIN2. The molecule has 0 spiro atoms. The van der Waals surface area contributed by atoms with Crippen LogP contribution in [-0.2, 0) is 6.42 Å². The number of rotatable bonds is 4. The van der Waals surface area contributed by atoms with E-state index in [0.29, 0.717) is 11.4 Å². The minimum atomic E-state index is -0.302. The van der Waals surface area contributed by atoms with Crippen molar-refractivity contribution in [3.05, 3.63) is 66.4 Å². The average Bonchev–Trinajstić information content (AvgIpc) is 2.42. The van der Waals surface area contributed by atoms with Crippen LogP contribution in [0.15, 0.2) is 40.9 Å². The van der Waals surface area contributed by atoms with E-state index in [4.69, 9.17) is 17.4 Å². The van der Waals surface area contributed by atoms with Crippen molar-refractivity contribution >= 4 is 50.1 Å². The van der Waals surface area contributed by atoms with Gasteiger partial charge in [-0.25, -0.2) is 4.39 Å². The Morgan fingerprint density at radius 3 is 2.75 bits per heavy atom. The van der Waals surface area contributed by atoms with Crippen molar-refractivity contribution in [1.29, 1.82) is 0 Å². The Balaban J connectivity index is 2.33. The van der Waals surface area contributed by atoms with Gasteiger partial charge in [0.25, 0.3) is 0 Å². The number of benzene rings is 2. The van der Waals surface area contributed by atoms with Gasteiger partial charge in [0.1, 0.15) is 5.82 Å². The first-order valence-electron chi connectivity index (χ1n) is 5.86. The molecule has 0 saturated carbocycles. The van der Waals surface area contributed by atoms with Crippen molar-refractivity contribution in [2.24, 2.45) is 5.84 Å². The monoisotopic (exact) mass is 468 g/mol. The zero-order valence-electron chi connectivity index (χ0n) is 10.3. The minimum absolute atomic E-state index is 0.140. The fourth-order valence-corrected chi connectivity index (χ4v) is 3.24. The van der Waals surface area contributed by atoms with Crippen LogP contribution in [0.1, 0.15) is 17.2 Å². The molecule has 20 heavy (non-hydrogen) atoms. The van der Waals surface area contributed by atoms with Gasteiger partial charge in [-0.15, -0.1) is 0 Å². The summed E-state index contributed by atoms with van der Waals surface area (Å²) in [4.78, 5) is 0. The van der Waals surface area contributed by atoms with Gasteiger partial charge < -0.3 is 0 Å². The molecule has 2 nitrogen and oxygen atoms in total. The predicted molar refractivity (Wildman–Crippen MR) is 92.0 cm³/mol. The van der Waals surface area contributed by atoms with E-state index in [1.165, 1.54) is 12.1 Å². The summed E-state index contributed by atoms with van der Waals surface area (Å²) in [5.41, 5.74) is 4.55. The van der Waals surface area contributed by atoms with E-state index < -0.39 is 0 Å². The van der Waals surface area contributed by atoms with Crippen molar-refractivity contribution in [2.45, 2.75) is 12.5 Å². The summed E-state index contributed by atoms with van der Waals surface area (Å²) < 4.78 is 15.4. The number of nitrogens with one attached hydrogen (secondary N) is 1. The average molecular weight is 470 g/mol. The maximum atomic E-state index is 13.3. The molecule has 0 fully saturated rings. The molecule has 3 N–H and O–H groups in total. The highest BCUT2D eigenvalue weighted by molar-refractivity contribution is 14.1. The Kier molecular flexibility index (Phi) is 5.80. The van der Waals surface area contributed by atoms with Crippen molar-refractivity contribution < 1.29 is 4.39 Å². The lowest BCUT2D eigenvalue weighted by Gasteiger charge is -2.19. The van der Waals surface area contributed by atoms with Gasteiger partial charge in [-0.2, -0.15) is 0 Å². The molecule has 6 heteroatoms. The van der Waals surface area contributed by atoms with Crippen LogP contribution in [0.3, 0.4) is 0 Å². The van der Waals surface area contributed by atoms with Crippen molar-refractivity contribution in [2.75, 3.05) is 0 Å². The maximum Gasteiger partial charge on any atom is 0.123 e. The Bertz CT molecular complexity index is 624. The molecule has 1 unspecified atom stereocenters. The maximum absolute atomic E-state index is 13.3. The Morgan fingerprint density at radius 1 is 1.30 bits per heavy atom. The molecule has 2 aromatic rings. The fraction of sp³-hybridized carbons (Fsp3) is 0.143. The number of halogens is 4. The minimum Gasteiger partial charge on any atom is -0.271 e. The lowest BCUT2D eigenvalue weighted by molar-refractivity contribution is 0.546. The molecular weight excluding hydrogens is 457 g/mol. The first kappa shape index (κ1) is 16.2. The predicted octanol–water partition coefficient (Wildman–Crippen LogP) is 4.59. The van der Waals surface area contributed by atoms with Crippen LogP contribution in [0.2, 0.25) is 5.02 Å². The summed E-state index contributed by atoms with van der Waals surface area (Å²) in [6.45, 7) is 0. The third-order valence-electron chi connectivity index (χ3n) is 2.97. The highest BCUT2D eigenvalue weighted by Crippen LogP contribution is 2.28. The van der Waals surface area contributed by atoms with Crippen LogP contribution in [0.4, 0.5) is 4.39 Å². The summed E-state index contributed by atoms with van der Waals surface area (Å²) in [6.07, 6.45) is 0.513. The van der Waals surface area contributed by atoms with E-state index in [-0.39, 0.29) is 11.9 Å². The molecule has 0 aliphatic rings. The molecule has 0 saturated heterocycles. The van der Waals surface area contributed by atoms with E-state index in [0.717, 1.165) is 19.2 Å². The fourth-order valence-electron chi connectivity index (χ4n) is 1.96. The third-order valence-corrected chi connectivity index (χ3v) is 4.81.